The normalized spacial score (nSPS) is 10.6. The van der Waals surface area contributed by atoms with Crippen LogP contribution in [-0.4, -0.2) is 32.1 Å². The summed E-state index contributed by atoms with van der Waals surface area (Å²) in [5.74, 6) is 0.590. The van der Waals surface area contributed by atoms with Crippen molar-refractivity contribution in [3.63, 3.8) is 0 Å². The largest absolute Gasteiger partial charge is 0.488 e. The van der Waals surface area contributed by atoms with Gasteiger partial charge in [0.25, 0.3) is 0 Å². The van der Waals surface area contributed by atoms with Crippen molar-refractivity contribution in [2.75, 3.05) is 0 Å². The van der Waals surface area contributed by atoms with E-state index < -0.39 is 7.12 Å². The van der Waals surface area contributed by atoms with Crippen molar-refractivity contribution in [2.45, 2.75) is 0 Å². The predicted molar refractivity (Wildman–Crippen MR) is 72.6 cm³/mol. The lowest BCUT2D eigenvalue weighted by molar-refractivity contribution is 0.426. The summed E-state index contributed by atoms with van der Waals surface area (Å²) in [5.41, 5.74) is 1.32. The maximum atomic E-state index is 9.19. The molecule has 1 heterocycles. The van der Waals surface area contributed by atoms with Crippen LogP contribution < -0.4 is 5.46 Å². The van der Waals surface area contributed by atoms with Gasteiger partial charge < -0.3 is 10.0 Å². The average Bonchev–Trinajstić information content (AvgIpc) is 2.47. The molecule has 0 amide bonds. The lowest BCUT2D eigenvalue weighted by Gasteiger charge is -2.05. The first kappa shape index (κ1) is 11.8. The molecule has 0 aliphatic carbocycles. The summed E-state index contributed by atoms with van der Waals surface area (Å²) in [6.45, 7) is 0. The lowest BCUT2D eigenvalue weighted by atomic mass is 9.79. The first-order valence-corrected chi connectivity index (χ1v) is 5.76. The standard InChI is InChI=1S/C13H10BN3O2/c18-14(19)12-4-3-9-1-2-10(5-11(9)6-12)13-16-7-15-8-17-13/h1-8,18-19H. The van der Waals surface area contributed by atoms with E-state index in [0.29, 0.717) is 11.3 Å². The van der Waals surface area contributed by atoms with Crippen LogP contribution in [0.15, 0.2) is 49.1 Å². The molecule has 0 unspecified atom stereocenters. The second-order valence-corrected chi connectivity index (χ2v) is 4.16. The first-order chi connectivity index (χ1) is 9.24. The topological polar surface area (TPSA) is 79.1 Å². The highest BCUT2D eigenvalue weighted by atomic mass is 16.4. The predicted octanol–water partition coefficient (Wildman–Crippen LogP) is 0.372. The quantitative estimate of drug-likeness (QED) is 0.643. The van der Waals surface area contributed by atoms with Gasteiger partial charge in [-0.15, -0.1) is 0 Å². The highest BCUT2D eigenvalue weighted by molar-refractivity contribution is 6.58. The minimum Gasteiger partial charge on any atom is -0.423 e. The fourth-order valence-electron chi connectivity index (χ4n) is 1.95. The van der Waals surface area contributed by atoms with Gasteiger partial charge in [0.1, 0.15) is 12.7 Å². The van der Waals surface area contributed by atoms with Gasteiger partial charge in [-0.3, -0.25) is 0 Å². The molecule has 0 bridgehead atoms. The summed E-state index contributed by atoms with van der Waals surface area (Å²) in [6.07, 6.45) is 2.89. The van der Waals surface area contributed by atoms with Crippen molar-refractivity contribution < 1.29 is 10.0 Å². The molecule has 0 aliphatic heterocycles. The zero-order valence-electron chi connectivity index (χ0n) is 9.93. The summed E-state index contributed by atoms with van der Waals surface area (Å²) in [5, 5.41) is 20.3. The minimum atomic E-state index is -1.47. The van der Waals surface area contributed by atoms with E-state index in [4.69, 9.17) is 0 Å². The van der Waals surface area contributed by atoms with E-state index in [9.17, 15) is 10.0 Å². The third kappa shape index (κ3) is 2.31. The van der Waals surface area contributed by atoms with Crippen LogP contribution in [0.25, 0.3) is 22.2 Å². The third-order valence-electron chi connectivity index (χ3n) is 2.91. The van der Waals surface area contributed by atoms with E-state index in [0.717, 1.165) is 16.3 Å². The van der Waals surface area contributed by atoms with Gasteiger partial charge in [0.15, 0.2) is 5.82 Å². The lowest BCUT2D eigenvalue weighted by Crippen LogP contribution is -2.29. The monoisotopic (exact) mass is 251 g/mol. The van der Waals surface area contributed by atoms with Crippen molar-refractivity contribution in [1.82, 2.24) is 15.0 Å². The fourth-order valence-corrected chi connectivity index (χ4v) is 1.95. The van der Waals surface area contributed by atoms with Crippen LogP contribution in [0.2, 0.25) is 0 Å². The van der Waals surface area contributed by atoms with E-state index in [-0.39, 0.29) is 0 Å². The van der Waals surface area contributed by atoms with Gasteiger partial charge in [-0.2, -0.15) is 0 Å². The molecule has 0 atom stereocenters. The number of fused-ring (bicyclic) bond motifs is 1. The van der Waals surface area contributed by atoms with Gasteiger partial charge >= 0.3 is 7.12 Å². The second-order valence-electron chi connectivity index (χ2n) is 4.16. The van der Waals surface area contributed by atoms with Crippen LogP contribution in [0.5, 0.6) is 0 Å². The van der Waals surface area contributed by atoms with E-state index in [1.54, 1.807) is 12.1 Å². The van der Waals surface area contributed by atoms with Crippen LogP contribution in [0.3, 0.4) is 0 Å². The van der Waals surface area contributed by atoms with Gasteiger partial charge in [-0.1, -0.05) is 30.3 Å². The fraction of sp³-hybridized carbons (Fsp3) is 0. The van der Waals surface area contributed by atoms with Crippen molar-refractivity contribution in [1.29, 1.82) is 0 Å². The maximum Gasteiger partial charge on any atom is 0.488 e. The first-order valence-electron chi connectivity index (χ1n) is 5.76. The molecular weight excluding hydrogens is 241 g/mol. The molecule has 5 nitrogen and oxygen atoms in total. The number of benzene rings is 2. The SMILES string of the molecule is OB(O)c1ccc2ccc(-c3ncncn3)cc2c1. The average molecular weight is 251 g/mol. The van der Waals surface area contributed by atoms with Gasteiger partial charge in [0.05, 0.1) is 0 Å². The Bertz CT molecular complexity index is 719. The van der Waals surface area contributed by atoms with Crippen LogP contribution in [-0.2, 0) is 0 Å². The molecule has 2 N–H and O–H groups in total. The molecule has 0 aliphatic rings. The number of nitrogens with zero attached hydrogens (tertiary/aromatic N) is 3. The molecule has 0 radical (unpaired) electrons. The minimum absolute atomic E-state index is 0.459. The van der Waals surface area contributed by atoms with Crippen LogP contribution in [0.1, 0.15) is 0 Å². The molecule has 19 heavy (non-hydrogen) atoms. The van der Waals surface area contributed by atoms with Gasteiger partial charge in [-0.05, 0) is 22.3 Å². The van der Waals surface area contributed by atoms with Crippen molar-refractivity contribution in [2.24, 2.45) is 0 Å². The molecule has 0 spiro atoms. The molecule has 0 saturated heterocycles. The number of aromatic nitrogens is 3. The highest BCUT2D eigenvalue weighted by Gasteiger charge is 2.11. The van der Waals surface area contributed by atoms with E-state index >= 15 is 0 Å². The van der Waals surface area contributed by atoms with Crippen LogP contribution in [0, 0.1) is 0 Å². The molecule has 92 valence electrons. The Morgan fingerprint density at radius 3 is 2.32 bits per heavy atom. The molecule has 3 rings (SSSR count). The Kier molecular flexibility index (Phi) is 2.95. The second kappa shape index (κ2) is 4.76. The maximum absolute atomic E-state index is 9.19. The van der Waals surface area contributed by atoms with Crippen molar-refractivity contribution >= 4 is 23.4 Å². The molecule has 3 aromatic rings. The summed E-state index contributed by atoms with van der Waals surface area (Å²) in [7, 11) is -1.47. The van der Waals surface area contributed by atoms with E-state index in [1.165, 1.54) is 12.7 Å². The van der Waals surface area contributed by atoms with Crippen molar-refractivity contribution in [3.8, 4) is 11.4 Å². The smallest absolute Gasteiger partial charge is 0.423 e. The van der Waals surface area contributed by atoms with Gasteiger partial charge in [-0.25, -0.2) is 15.0 Å². The number of rotatable bonds is 2. The zero-order chi connectivity index (χ0) is 13.2. The highest BCUT2D eigenvalue weighted by Crippen LogP contribution is 2.20. The zero-order valence-corrected chi connectivity index (χ0v) is 9.93. The Morgan fingerprint density at radius 1 is 0.842 bits per heavy atom. The summed E-state index contributed by atoms with van der Waals surface area (Å²) >= 11 is 0. The van der Waals surface area contributed by atoms with Gasteiger partial charge in [0, 0.05) is 5.56 Å². The third-order valence-corrected chi connectivity index (χ3v) is 2.91. The summed E-state index contributed by atoms with van der Waals surface area (Å²) < 4.78 is 0. The van der Waals surface area contributed by atoms with Crippen LogP contribution in [0.4, 0.5) is 0 Å². The van der Waals surface area contributed by atoms with Gasteiger partial charge in [0.2, 0.25) is 0 Å². The van der Waals surface area contributed by atoms with Crippen molar-refractivity contribution in [3.05, 3.63) is 49.1 Å². The Morgan fingerprint density at radius 2 is 1.58 bits per heavy atom. The molecule has 1 aromatic heterocycles. The summed E-state index contributed by atoms with van der Waals surface area (Å²) in [6, 6.07) is 11.1. The molecular formula is C13H10BN3O2. The molecule has 0 fully saturated rings. The number of hydrogen-bond donors (Lipinski definition) is 2. The Hall–Kier alpha value is -2.31. The number of hydrogen-bond acceptors (Lipinski definition) is 5. The Balaban J connectivity index is 2.14. The van der Waals surface area contributed by atoms with E-state index in [2.05, 4.69) is 15.0 Å². The van der Waals surface area contributed by atoms with Crippen LogP contribution >= 0.6 is 0 Å². The molecule has 6 heteroatoms. The molecule has 0 saturated carbocycles. The Labute approximate surface area is 109 Å². The molecule has 2 aromatic carbocycles. The van der Waals surface area contributed by atoms with E-state index in [1.807, 2.05) is 24.3 Å². The summed E-state index contributed by atoms with van der Waals surface area (Å²) in [4.78, 5) is 12.0.